The van der Waals surface area contributed by atoms with E-state index >= 15 is 0 Å². The van der Waals surface area contributed by atoms with Gasteiger partial charge in [0.05, 0.1) is 17.4 Å². The van der Waals surface area contributed by atoms with Crippen molar-refractivity contribution in [3.8, 4) is 5.75 Å². The van der Waals surface area contributed by atoms with Crippen molar-refractivity contribution >= 4 is 35.0 Å². The summed E-state index contributed by atoms with van der Waals surface area (Å²) in [6.45, 7) is 3.93. The van der Waals surface area contributed by atoms with Crippen LogP contribution in [-0.4, -0.2) is 33.0 Å². The van der Waals surface area contributed by atoms with Crippen LogP contribution in [0.4, 0.5) is 5.82 Å². The van der Waals surface area contributed by atoms with Crippen LogP contribution >= 0.6 is 23.4 Å². The summed E-state index contributed by atoms with van der Waals surface area (Å²) in [5.41, 5.74) is 0.417. The molecule has 0 unspecified atom stereocenters. The highest BCUT2D eigenvalue weighted by molar-refractivity contribution is 8.00. The minimum atomic E-state index is -0.555. The number of nitrogens with one attached hydrogen (secondary N) is 1. The molecule has 0 bridgehead atoms. The summed E-state index contributed by atoms with van der Waals surface area (Å²) in [4.78, 5) is 29.1. The molecule has 0 radical (unpaired) electrons. The van der Waals surface area contributed by atoms with Crippen molar-refractivity contribution in [2.45, 2.75) is 18.9 Å². The highest BCUT2D eigenvalue weighted by atomic mass is 35.5. The third-order valence-electron chi connectivity index (χ3n) is 2.85. The number of ether oxygens (including phenoxy) is 1. The average molecular weight is 356 g/mol. The van der Waals surface area contributed by atoms with Crippen molar-refractivity contribution in [2.75, 3.05) is 12.4 Å². The zero-order valence-electron chi connectivity index (χ0n) is 12.5. The molecular weight excluding hydrogens is 342 g/mol. The standard InChI is InChI=1S/C14H14ClN3O4S/c1-3-22-12-5-4-9(6-10(12)15)11(19)7-23-14-13(18(20)21)16-8(2)17-14/h4-6H,3,7H2,1-2H3,(H,16,17). The molecule has 122 valence electrons. The van der Waals surface area contributed by atoms with E-state index in [2.05, 4.69) is 9.97 Å². The molecule has 0 aliphatic heterocycles. The van der Waals surface area contributed by atoms with Crippen LogP contribution < -0.4 is 4.74 Å². The Morgan fingerprint density at radius 3 is 2.87 bits per heavy atom. The number of H-pyrrole nitrogens is 1. The van der Waals surface area contributed by atoms with Crippen LogP contribution in [0.2, 0.25) is 5.02 Å². The largest absolute Gasteiger partial charge is 0.492 e. The number of carbonyl (C=O) groups is 1. The van der Waals surface area contributed by atoms with E-state index in [1.54, 1.807) is 19.1 Å². The molecule has 0 spiro atoms. The molecule has 0 atom stereocenters. The SMILES string of the molecule is CCOc1ccc(C(=O)CSc2nc(C)[nH]c2[N+](=O)[O-])cc1Cl. The number of carbonyl (C=O) groups excluding carboxylic acids is 1. The van der Waals surface area contributed by atoms with Gasteiger partial charge in [-0.1, -0.05) is 23.4 Å². The number of Topliss-reactive ketones (excluding diaryl/α,β-unsaturated/α-hetero) is 1. The van der Waals surface area contributed by atoms with Crippen molar-refractivity contribution < 1.29 is 14.5 Å². The Balaban J connectivity index is 2.08. The lowest BCUT2D eigenvalue weighted by atomic mass is 10.1. The summed E-state index contributed by atoms with van der Waals surface area (Å²) < 4.78 is 5.31. The molecule has 7 nitrogen and oxygen atoms in total. The fourth-order valence-electron chi connectivity index (χ4n) is 1.85. The first-order chi connectivity index (χ1) is 10.9. The molecule has 0 saturated heterocycles. The van der Waals surface area contributed by atoms with Crippen LogP contribution in [0, 0.1) is 17.0 Å². The van der Waals surface area contributed by atoms with E-state index in [1.165, 1.54) is 6.07 Å². The number of aromatic nitrogens is 2. The molecule has 0 saturated carbocycles. The lowest BCUT2D eigenvalue weighted by molar-refractivity contribution is -0.392. The topological polar surface area (TPSA) is 98.1 Å². The van der Waals surface area contributed by atoms with Gasteiger partial charge in [-0.3, -0.25) is 4.79 Å². The predicted molar refractivity (Wildman–Crippen MR) is 87.7 cm³/mol. The first-order valence-electron chi connectivity index (χ1n) is 6.71. The van der Waals surface area contributed by atoms with Crippen LogP contribution in [0.15, 0.2) is 23.2 Å². The van der Waals surface area contributed by atoms with E-state index < -0.39 is 4.92 Å². The van der Waals surface area contributed by atoms with Gasteiger partial charge in [0.15, 0.2) is 16.6 Å². The van der Waals surface area contributed by atoms with Crippen LogP contribution in [-0.2, 0) is 0 Å². The fraction of sp³-hybridized carbons (Fsp3) is 0.286. The summed E-state index contributed by atoms with van der Waals surface area (Å²) in [6, 6.07) is 4.77. The van der Waals surface area contributed by atoms with Gasteiger partial charge in [0.2, 0.25) is 0 Å². The Hall–Kier alpha value is -2.06. The van der Waals surface area contributed by atoms with E-state index in [1.807, 2.05) is 6.92 Å². The molecule has 0 fully saturated rings. The maximum atomic E-state index is 12.2. The van der Waals surface area contributed by atoms with Crippen LogP contribution in [0.3, 0.4) is 0 Å². The fourth-order valence-corrected chi connectivity index (χ4v) is 2.98. The van der Waals surface area contributed by atoms with Gasteiger partial charge in [-0.15, -0.1) is 0 Å². The molecule has 0 aliphatic carbocycles. The van der Waals surface area contributed by atoms with E-state index in [4.69, 9.17) is 16.3 Å². The Morgan fingerprint density at radius 2 is 2.26 bits per heavy atom. The summed E-state index contributed by atoms with van der Waals surface area (Å²) >= 11 is 7.06. The molecule has 1 aromatic carbocycles. The van der Waals surface area contributed by atoms with Crippen molar-refractivity contribution in [1.82, 2.24) is 9.97 Å². The molecule has 2 aromatic rings. The van der Waals surface area contributed by atoms with Crippen molar-refractivity contribution in [1.29, 1.82) is 0 Å². The first-order valence-corrected chi connectivity index (χ1v) is 8.08. The zero-order valence-corrected chi connectivity index (χ0v) is 14.0. The first kappa shape index (κ1) is 17.3. The van der Waals surface area contributed by atoms with E-state index in [9.17, 15) is 14.9 Å². The number of thioether (sulfide) groups is 1. The Kier molecular flexibility index (Phi) is 5.62. The molecule has 0 aliphatic rings. The van der Waals surface area contributed by atoms with Gasteiger partial charge in [-0.05, 0) is 30.0 Å². The van der Waals surface area contributed by atoms with Crippen LogP contribution in [0.5, 0.6) is 5.75 Å². The lowest BCUT2D eigenvalue weighted by Crippen LogP contribution is -2.03. The predicted octanol–water partition coefficient (Wildman–Crippen LogP) is 3.65. The summed E-state index contributed by atoms with van der Waals surface area (Å²) in [5.74, 6) is 0.558. The van der Waals surface area contributed by atoms with Crippen molar-refractivity contribution in [2.24, 2.45) is 0 Å². The third kappa shape index (κ3) is 4.23. The minimum absolute atomic E-state index is 0.0233. The van der Waals surface area contributed by atoms with Gasteiger partial charge < -0.3 is 14.9 Å². The third-order valence-corrected chi connectivity index (χ3v) is 4.11. The van der Waals surface area contributed by atoms with Gasteiger partial charge >= 0.3 is 5.82 Å². The highest BCUT2D eigenvalue weighted by Gasteiger charge is 2.20. The maximum absolute atomic E-state index is 12.2. The highest BCUT2D eigenvalue weighted by Crippen LogP contribution is 2.29. The molecule has 0 amide bonds. The summed E-state index contributed by atoms with van der Waals surface area (Å²) in [5, 5.41) is 11.4. The monoisotopic (exact) mass is 355 g/mol. The smallest absolute Gasteiger partial charge is 0.354 e. The van der Waals surface area contributed by atoms with Gasteiger partial charge in [0.25, 0.3) is 0 Å². The normalized spacial score (nSPS) is 10.6. The number of nitrogens with zero attached hydrogens (tertiary/aromatic N) is 2. The van der Waals surface area contributed by atoms with Gasteiger partial charge in [0.1, 0.15) is 5.75 Å². The zero-order chi connectivity index (χ0) is 17.0. The number of aryl methyl sites for hydroxylation is 1. The number of hydrogen-bond acceptors (Lipinski definition) is 6. The average Bonchev–Trinajstić information content (AvgIpc) is 2.88. The summed E-state index contributed by atoms with van der Waals surface area (Å²) in [7, 11) is 0. The van der Waals surface area contributed by atoms with E-state index in [-0.39, 0.29) is 22.4 Å². The number of benzene rings is 1. The van der Waals surface area contributed by atoms with E-state index in [0.29, 0.717) is 28.8 Å². The molecule has 2 rings (SSSR count). The molecule has 9 heteroatoms. The Morgan fingerprint density at radius 1 is 1.52 bits per heavy atom. The second-order valence-electron chi connectivity index (χ2n) is 4.52. The van der Waals surface area contributed by atoms with Crippen molar-refractivity contribution in [3.63, 3.8) is 0 Å². The number of nitro groups is 1. The number of aromatic amines is 1. The quantitative estimate of drug-likeness (QED) is 0.352. The lowest BCUT2D eigenvalue weighted by Gasteiger charge is -2.07. The maximum Gasteiger partial charge on any atom is 0.354 e. The summed E-state index contributed by atoms with van der Waals surface area (Å²) in [6.07, 6.45) is 0. The van der Waals surface area contributed by atoms with Crippen LogP contribution in [0.1, 0.15) is 23.1 Å². The van der Waals surface area contributed by atoms with Gasteiger partial charge in [0, 0.05) is 12.5 Å². The molecule has 1 aromatic heterocycles. The van der Waals surface area contributed by atoms with Gasteiger partial charge in [-0.25, -0.2) is 4.98 Å². The Bertz CT molecular complexity index is 748. The Labute approximate surface area is 141 Å². The van der Waals surface area contributed by atoms with Crippen molar-refractivity contribution in [3.05, 3.63) is 44.7 Å². The molecule has 23 heavy (non-hydrogen) atoms. The minimum Gasteiger partial charge on any atom is -0.492 e. The number of imidazole rings is 1. The number of rotatable bonds is 7. The molecule has 1 heterocycles. The van der Waals surface area contributed by atoms with Gasteiger partial charge in [-0.2, -0.15) is 4.98 Å². The van der Waals surface area contributed by atoms with Crippen LogP contribution in [0.25, 0.3) is 0 Å². The second kappa shape index (κ2) is 7.47. The number of halogens is 1. The molecular formula is C14H14ClN3O4S. The number of hydrogen-bond donors (Lipinski definition) is 1. The molecule has 1 N–H and O–H groups in total. The second-order valence-corrected chi connectivity index (χ2v) is 5.89. The van der Waals surface area contributed by atoms with E-state index in [0.717, 1.165) is 11.8 Å². The number of ketones is 1.